The molecule has 0 radical (unpaired) electrons. The van der Waals surface area contributed by atoms with E-state index in [4.69, 9.17) is 17.3 Å². The predicted molar refractivity (Wildman–Crippen MR) is 61.2 cm³/mol. The normalized spacial score (nSPS) is 10.4. The van der Waals surface area contributed by atoms with Gasteiger partial charge in [-0.3, -0.25) is 0 Å². The van der Waals surface area contributed by atoms with E-state index in [1.54, 1.807) is 12.1 Å². The van der Waals surface area contributed by atoms with Crippen LogP contribution in [-0.4, -0.2) is 0 Å². The van der Waals surface area contributed by atoms with E-state index in [0.29, 0.717) is 11.1 Å². The molecular formula is C12H8ClF2N. The van der Waals surface area contributed by atoms with Gasteiger partial charge in [0.05, 0.1) is 10.7 Å². The first-order valence-electron chi connectivity index (χ1n) is 4.59. The molecule has 2 aromatic carbocycles. The van der Waals surface area contributed by atoms with Crippen LogP contribution in [0.4, 0.5) is 14.5 Å². The second-order valence-corrected chi connectivity index (χ2v) is 3.72. The molecule has 16 heavy (non-hydrogen) atoms. The van der Waals surface area contributed by atoms with Crippen molar-refractivity contribution in [2.45, 2.75) is 0 Å². The Hall–Kier alpha value is -1.61. The Balaban J connectivity index is 2.61. The van der Waals surface area contributed by atoms with Crippen LogP contribution in [0, 0.1) is 11.6 Å². The SMILES string of the molecule is Nc1ccc(-c2cccc(F)c2)c(Cl)c1F. The van der Waals surface area contributed by atoms with E-state index in [2.05, 4.69) is 0 Å². The Bertz CT molecular complexity index is 541. The molecule has 0 saturated heterocycles. The van der Waals surface area contributed by atoms with Gasteiger partial charge in [-0.15, -0.1) is 0 Å². The van der Waals surface area contributed by atoms with E-state index < -0.39 is 11.6 Å². The van der Waals surface area contributed by atoms with Gasteiger partial charge in [0, 0.05) is 5.56 Å². The molecule has 0 saturated carbocycles. The summed E-state index contributed by atoms with van der Waals surface area (Å²) in [6.45, 7) is 0. The summed E-state index contributed by atoms with van der Waals surface area (Å²) in [5.74, 6) is -1.07. The molecule has 2 rings (SSSR count). The Kier molecular flexibility index (Phi) is 2.79. The monoisotopic (exact) mass is 239 g/mol. The van der Waals surface area contributed by atoms with Gasteiger partial charge in [-0.05, 0) is 23.8 Å². The molecular weight excluding hydrogens is 232 g/mol. The molecule has 2 N–H and O–H groups in total. The van der Waals surface area contributed by atoms with Crippen LogP contribution in [0.3, 0.4) is 0 Å². The molecule has 0 heterocycles. The molecule has 4 heteroatoms. The highest BCUT2D eigenvalue weighted by atomic mass is 35.5. The molecule has 0 unspecified atom stereocenters. The highest BCUT2D eigenvalue weighted by Crippen LogP contribution is 2.32. The van der Waals surface area contributed by atoms with E-state index in [-0.39, 0.29) is 10.7 Å². The van der Waals surface area contributed by atoms with Crippen LogP contribution in [-0.2, 0) is 0 Å². The van der Waals surface area contributed by atoms with E-state index >= 15 is 0 Å². The number of benzene rings is 2. The number of hydrogen-bond donors (Lipinski definition) is 1. The zero-order chi connectivity index (χ0) is 11.7. The van der Waals surface area contributed by atoms with E-state index in [1.807, 2.05) is 0 Å². The van der Waals surface area contributed by atoms with E-state index in [1.165, 1.54) is 24.3 Å². The summed E-state index contributed by atoms with van der Waals surface area (Å²) < 4.78 is 26.4. The Morgan fingerprint density at radius 1 is 1.06 bits per heavy atom. The topological polar surface area (TPSA) is 26.0 Å². The number of hydrogen-bond acceptors (Lipinski definition) is 1. The summed E-state index contributed by atoms with van der Waals surface area (Å²) in [5, 5.41) is -0.0920. The van der Waals surface area contributed by atoms with Gasteiger partial charge in [0.15, 0.2) is 5.82 Å². The minimum absolute atomic E-state index is 0.0230. The minimum Gasteiger partial charge on any atom is -0.396 e. The first-order chi connectivity index (χ1) is 7.59. The van der Waals surface area contributed by atoms with Gasteiger partial charge in [-0.1, -0.05) is 29.8 Å². The number of nitrogens with two attached hydrogens (primary N) is 1. The lowest BCUT2D eigenvalue weighted by Gasteiger charge is -2.07. The van der Waals surface area contributed by atoms with Crippen LogP contribution in [0.25, 0.3) is 11.1 Å². The fourth-order valence-electron chi connectivity index (χ4n) is 1.44. The third-order valence-corrected chi connectivity index (χ3v) is 2.62. The summed E-state index contributed by atoms with van der Waals surface area (Å²) >= 11 is 5.81. The summed E-state index contributed by atoms with van der Waals surface area (Å²) in [5.41, 5.74) is 6.28. The van der Waals surface area contributed by atoms with Gasteiger partial charge in [-0.2, -0.15) is 0 Å². The molecule has 82 valence electrons. The van der Waals surface area contributed by atoms with Crippen LogP contribution < -0.4 is 5.73 Å². The molecule has 0 atom stereocenters. The van der Waals surface area contributed by atoms with Crippen LogP contribution in [0.5, 0.6) is 0 Å². The lowest BCUT2D eigenvalue weighted by Crippen LogP contribution is -1.93. The fourth-order valence-corrected chi connectivity index (χ4v) is 1.72. The van der Waals surface area contributed by atoms with Crippen molar-refractivity contribution in [1.82, 2.24) is 0 Å². The number of rotatable bonds is 1. The summed E-state index contributed by atoms with van der Waals surface area (Å²) in [6, 6.07) is 8.76. The van der Waals surface area contributed by atoms with Crippen molar-refractivity contribution < 1.29 is 8.78 Å². The number of halogens is 3. The highest BCUT2D eigenvalue weighted by Gasteiger charge is 2.11. The van der Waals surface area contributed by atoms with Gasteiger partial charge in [-0.25, -0.2) is 8.78 Å². The molecule has 1 nitrogen and oxygen atoms in total. The fraction of sp³-hybridized carbons (Fsp3) is 0. The summed E-state index contributed by atoms with van der Waals surface area (Å²) in [6.07, 6.45) is 0. The van der Waals surface area contributed by atoms with Crippen molar-refractivity contribution in [3.8, 4) is 11.1 Å². The molecule has 0 aliphatic heterocycles. The third kappa shape index (κ3) is 1.86. The second-order valence-electron chi connectivity index (χ2n) is 3.34. The van der Waals surface area contributed by atoms with Gasteiger partial charge < -0.3 is 5.73 Å². The standard InChI is InChI=1S/C12H8ClF2N/c13-11-9(4-5-10(16)12(11)15)7-2-1-3-8(14)6-7/h1-6H,16H2. The average molecular weight is 240 g/mol. The van der Waals surface area contributed by atoms with Crippen LogP contribution in [0.2, 0.25) is 5.02 Å². The Morgan fingerprint density at radius 3 is 2.50 bits per heavy atom. The maximum atomic E-state index is 13.4. The largest absolute Gasteiger partial charge is 0.396 e. The third-order valence-electron chi connectivity index (χ3n) is 2.25. The molecule has 2 aromatic rings. The first-order valence-corrected chi connectivity index (χ1v) is 4.97. The highest BCUT2D eigenvalue weighted by molar-refractivity contribution is 6.33. The average Bonchev–Trinajstić information content (AvgIpc) is 2.26. The van der Waals surface area contributed by atoms with Crippen molar-refractivity contribution in [2.75, 3.05) is 5.73 Å². The smallest absolute Gasteiger partial charge is 0.165 e. The zero-order valence-electron chi connectivity index (χ0n) is 8.18. The summed E-state index contributed by atoms with van der Waals surface area (Å²) in [4.78, 5) is 0. The van der Waals surface area contributed by atoms with Crippen molar-refractivity contribution in [2.24, 2.45) is 0 Å². The maximum absolute atomic E-state index is 13.4. The Labute approximate surface area is 96.5 Å². The van der Waals surface area contributed by atoms with Crippen molar-refractivity contribution in [3.05, 3.63) is 53.1 Å². The molecule has 0 fully saturated rings. The molecule has 0 spiro atoms. The van der Waals surface area contributed by atoms with E-state index in [0.717, 1.165) is 0 Å². The quantitative estimate of drug-likeness (QED) is 0.751. The minimum atomic E-state index is -0.677. The van der Waals surface area contributed by atoms with Gasteiger partial charge >= 0.3 is 0 Å². The lowest BCUT2D eigenvalue weighted by atomic mass is 10.0. The van der Waals surface area contributed by atoms with Gasteiger partial charge in [0.1, 0.15) is 5.82 Å². The summed E-state index contributed by atoms with van der Waals surface area (Å²) in [7, 11) is 0. The van der Waals surface area contributed by atoms with Crippen molar-refractivity contribution in [3.63, 3.8) is 0 Å². The molecule has 0 amide bonds. The van der Waals surface area contributed by atoms with E-state index in [9.17, 15) is 8.78 Å². The predicted octanol–water partition coefficient (Wildman–Crippen LogP) is 3.87. The molecule has 0 aliphatic rings. The van der Waals surface area contributed by atoms with Crippen LogP contribution >= 0.6 is 11.6 Å². The van der Waals surface area contributed by atoms with Gasteiger partial charge in [0.2, 0.25) is 0 Å². The lowest BCUT2D eigenvalue weighted by molar-refractivity contribution is 0.627. The number of nitrogen functional groups attached to an aromatic ring is 1. The van der Waals surface area contributed by atoms with Crippen molar-refractivity contribution >= 4 is 17.3 Å². The van der Waals surface area contributed by atoms with Gasteiger partial charge in [0.25, 0.3) is 0 Å². The maximum Gasteiger partial charge on any atom is 0.165 e. The first kappa shape index (κ1) is 10.9. The second kappa shape index (κ2) is 4.10. The number of anilines is 1. The Morgan fingerprint density at radius 2 is 1.81 bits per heavy atom. The van der Waals surface area contributed by atoms with Crippen LogP contribution in [0.15, 0.2) is 36.4 Å². The molecule has 0 bridgehead atoms. The molecule has 0 aliphatic carbocycles. The van der Waals surface area contributed by atoms with Crippen LogP contribution in [0.1, 0.15) is 0 Å². The van der Waals surface area contributed by atoms with Crippen molar-refractivity contribution in [1.29, 1.82) is 0 Å². The zero-order valence-corrected chi connectivity index (χ0v) is 8.93. The molecule has 0 aromatic heterocycles.